The molecule has 0 bridgehead atoms. The van der Waals surface area contributed by atoms with Crippen LogP contribution in [0.5, 0.6) is 5.75 Å². The third kappa shape index (κ3) is 1.74. The summed E-state index contributed by atoms with van der Waals surface area (Å²) in [6.07, 6.45) is 7.01. The Labute approximate surface area is 108 Å². The smallest absolute Gasteiger partial charge is 0.161 e. The molecular weight excluding hydrogens is 226 g/mol. The van der Waals surface area contributed by atoms with Gasteiger partial charge in [-0.15, -0.1) is 0 Å². The van der Waals surface area contributed by atoms with Gasteiger partial charge in [-0.25, -0.2) is 0 Å². The van der Waals surface area contributed by atoms with Crippen LogP contribution in [0, 0.1) is 17.8 Å². The van der Waals surface area contributed by atoms with Crippen molar-refractivity contribution in [3.8, 4) is 5.75 Å². The van der Waals surface area contributed by atoms with E-state index in [1.54, 1.807) is 7.11 Å². The van der Waals surface area contributed by atoms with Crippen molar-refractivity contribution in [2.45, 2.75) is 45.2 Å². The van der Waals surface area contributed by atoms with Crippen LogP contribution in [0.1, 0.15) is 44.3 Å². The third-order valence-electron chi connectivity index (χ3n) is 4.70. The molecule has 0 amide bonds. The molecule has 3 atom stereocenters. The van der Waals surface area contributed by atoms with Crippen molar-refractivity contribution in [3.05, 3.63) is 11.9 Å². The van der Waals surface area contributed by atoms with E-state index in [0.717, 1.165) is 36.2 Å². The Morgan fingerprint density at radius 3 is 2.83 bits per heavy atom. The molecule has 4 nitrogen and oxygen atoms in total. The lowest BCUT2D eigenvalue weighted by Gasteiger charge is -2.17. The molecule has 4 heteroatoms. The monoisotopic (exact) mass is 249 g/mol. The molecule has 2 N–H and O–H groups in total. The van der Waals surface area contributed by atoms with Crippen LogP contribution in [-0.2, 0) is 6.54 Å². The zero-order chi connectivity index (χ0) is 12.7. The topological polar surface area (TPSA) is 53.1 Å². The summed E-state index contributed by atoms with van der Waals surface area (Å²) in [5.74, 6) is 3.27. The Hall–Kier alpha value is -1.03. The standard InChI is InChI=1S/C14H23N3O/c1-3-7-17-14(11(18-2)8-16-17)13(15)12-9-5-4-6-10(9)12/h8-10,12-13H,3-7,15H2,1-2H3. The second-order valence-electron chi connectivity index (χ2n) is 5.68. The Morgan fingerprint density at radius 1 is 1.50 bits per heavy atom. The first-order chi connectivity index (χ1) is 8.77. The number of hydrogen-bond donors (Lipinski definition) is 1. The lowest BCUT2D eigenvalue weighted by molar-refractivity contribution is 0.387. The Balaban J connectivity index is 1.83. The molecule has 0 aliphatic heterocycles. The van der Waals surface area contributed by atoms with Gasteiger partial charge in [-0.2, -0.15) is 5.10 Å². The van der Waals surface area contributed by atoms with E-state index >= 15 is 0 Å². The molecule has 18 heavy (non-hydrogen) atoms. The van der Waals surface area contributed by atoms with Crippen LogP contribution < -0.4 is 10.5 Å². The van der Waals surface area contributed by atoms with Gasteiger partial charge in [0.05, 0.1) is 25.0 Å². The lowest BCUT2D eigenvalue weighted by atomic mass is 10.0. The average Bonchev–Trinajstić information content (AvgIpc) is 2.77. The number of aryl methyl sites for hydroxylation is 1. The first kappa shape index (κ1) is 12.0. The molecule has 0 radical (unpaired) electrons. The maximum absolute atomic E-state index is 6.50. The van der Waals surface area contributed by atoms with Crippen LogP contribution in [0.2, 0.25) is 0 Å². The van der Waals surface area contributed by atoms with E-state index in [-0.39, 0.29) is 6.04 Å². The van der Waals surface area contributed by atoms with Crippen molar-refractivity contribution in [3.63, 3.8) is 0 Å². The van der Waals surface area contributed by atoms with Gasteiger partial charge in [-0.1, -0.05) is 13.3 Å². The van der Waals surface area contributed by atoms with Gasteiger partial charge < -0.3 is 10.5 Å². The minimum absolute atomic E-state index is 0.101. The fourth-order valence-electron chi connectivity index (χ4n) is 3.85. The van der Waals surface area contributed by atoms with Crippen molar-refractivity contribution in [2.24, 2.45) is 23.5 Å². The van der Waals surface area contributed by atoms with E-state index < -0.39 is 0 Å². The van der Waals surface area contributed by atoms with E-state index in [9.17, 15) is 0 Å². The Morgan fingerprint density at radius 2 is 2.22 bits per heavy atom. The zero-order valence-corrected chi connectivity index (χ0v) is 11.3. The summed E-state index contributed by atoms with van der Waals surface area (Å²) in [7, 11) is 1.71. The summed E-state index contributed by atoms with van der Waals surface area (Å²) in [6, 6.07) is 0.101. The van der Waals surface area contributed by atoms with Gasteiger partial charge in [0.15, 0.2) is 5.75 Å². The number of fused-ring (bicyclic) bond motifs is 1. The summed E-state index contributed by atoms with van der Waals surface area (Å²) in [5.41, 5.74) is 7.61. The van der Waals surface area contributed by atoms with Crippen molar-refractivity contribution >= 4 is 0 Å². The summed E-state index contributed by atoms with van der Waals surface area (Å²) in [5, 5.41) is 4.41. The molecule has 0 aromatic carbocycles. The highest BCUT2D eigenvalue weighted by Gasteiger charge is 2.56. The van der Waals surface area contributed by atoms with Gasteiger partial charge in [-0.3, -0.25) is 4.68 Å². The van der Waals surface area contributed by atoms with Gasteiger partial charge >= 0.3 is 0 Å². The van der Waals surface area contributed by atoms with Crippen LogP contribution in [0.25, 0.3) is 0 Å². The number of nitrogens with two attached hydrogens (primary N) is 1. The molecule has 100 valence electrons. The maximum Gasteiger partial charge on any atom is 0.161 e. The summed E-state index contributed by atoms with van der Waals surface area (Å²) < 4.78 is 7.47. The van der Waals surface area contributed by atoms with Crippen LogP contribution in [-0.4, -0.2) is 16.9 Å². The summed E-state index contributed by atoms with van der Waals surface area (Å²) in [4.78, 5) is 0. The largest absolute Gasteiger partial charge is 0.493 e. The van der Waals surface area contributed by atoms with Gasteiger partial charge in [0.25, 0.3) is 0 Å². The quantitative estimate of drug-likeness (QED) is 0.871. The normalized spacial score (nSPS) is 31.2. The highest BCUT2D eigenvalue weighted by atomic mass is 16.5. The van der Waals surface area contributed by atoms with Crippen molar-refractivity contribution in [1.82, 2.24) is 9.78 Å². The number of hydrogen-bond acceptors (Lipinski definition) is 3. The van der Waals surface area contributed by atoms with Gasteiger partial charge in [0.2, 0.25) is 0 Å². The third-order valence-corrected chi connectivity index (χ3v) is 4.70. The lowest BCUT2D eigenvalue weighted by Crippen LogP contribution is -2.21. The molecule has 0 spiro atoms. The number of aromatic nitrogens is 2. The van der Waals surface area contributed by atoms with Crippen LogP contribution in [0.4, 0.5) is 0 Å². The predicted molar refractivity (Wildman–Crippen MR) is 70.3 cm³/mol. The number of nitrogens with zero attached hydrogens (tertiary/aromatic N) is 2. The van der Waals surface area contributed by atoms with Gasteiger partial charge in [0.1, 0.15) is 0 Å². The van der Waals surface area contributed by atoms with Crippen molar-refractivity contribution in [1.29, 1.82) is 0 Å². The highest BCUT2D eigenvalue weighted by Crippen LogP contribution is 2.62. The van der Waals surface area contributed by atoms with Gasteiger partial charge in [-0.05, 0) is 37.0 Å². The summed E-state index contributed by atoms with van der Waals surface area (Å²) >= 11 is 0. The Bertz CT molecular complexity index is 419. The second-order valence-corrected chi connectivity index (χ2v) is 5.68. The molecule has 0 saturated heterocycles. The molecule has 2 aliphatic rings. The highest BCUT2D eigenvalue weighted by molar-refractivity contribution is 5.30. The fourth-order valence-corrected chi connectivity index (χ4v) is 3.85. The average molecular weight is 249 g/mol. The minimum atomic E-state index is 0.101. The van der Waals surface area contributed by atoms with E-state index in [1.807, 2.05) is 10.9 Å². The minimum Gasteiger partial charge on any atom is -0.493 e. The van der Waals surface area contributed by atoms with Crippen LogP contribution >= 0.6 is 0 Å². The maximum atomic E-state index is 6.50. The number of ether oxygens (including phenoxy) is 1. The molecule has 3 unspecified atom stereocenters. The molecule has 1 aromatic heterocycles. The van der Waals surface area contributed by atoms with Crippen molar-refractivity contribution < 1.29 is 4.74 Å². The SMILES string of the molecule is CCCn1ncc(OC)c1C(N)C1C2CCCC21. The molecule has 1 heterocycles. The zero-order valence-electron chi connectivity index (χ0n) is 11.3. The first-order valence-corrected chi connectivity index (χ1v) is 7.13. The van der Waals surface area contributed by atoms with E-state index in [1.165, 1.54) is 19.3 Å². The van der Waals surface area contributed by atoms with E-state index in [2.05, 4.69) is 12.0 Å². The number of rotatable bonds is 5. The van der Waals surface area contributed by atoms with E-state index in [4.69, 9.17) is 10.5 Å². The summed E-state index contributed by atoms with van der Waals surface area (Å²) in [6.45, 7) is 3.09. The number of methoxy groups -OCH3 is 1. The molecule has 2 aliphatic carbocycles. The van der Waals surface area contributed by atoms with Crippen LogP contribution in [0.3, 0.4) is 0 Å². The fraction of sp³-hybridized carbons (Fsp3) is 0.786. The molecule has 2 fully saturated rings. The van der Waals surface area contributed by atoms with Gasteiger partial charge in [0, 0.05) is 6.54 Å². The second kappa shape index (κ2) is 4.57. The van der Waals surface area contributed by atoms with Crippen LogP contribution in [0.15, 0.2) is 6.20 Å². The molecule has 1 aromatic rings. The Kier molecular flexibility index (Phi) is 3.06. The predicted octanol–water partition coefficient (Wildman–Crippen LogP) is 2.35. The van der Waals surface area contributed by atoms with E-state index in [0.29, 0.717) is 5.92 Å². The molecular formula is C14H23N3O. The molecule has 2 saturated carbocycles. The van der Waals surface area contributed by atoms with Crippen molar-refractivity contribution in [2.75, 3.05) is 7.11 Å². The molecule has 3 rings (SSSR count). The first-order valence-electron chi connectivity index (χ1n) is 7.13.